The second-order valence-corrected chi connectivity index (χ2v) is 3.81. The molecule has 0 saturated heterocycles. The van der Waals surface area contributed by atoms with Crippen molar-refractivity contribution in [3.8, 4) is 0 Å². The number of methoxy groups -OCH3 is 1. The Hall–Kier alpha value is -1.55. The number of ether oxygens (including phenoxy) is 1. The lowest BCUT2D eigenvalue weighted by Gasteiger charge is -2.10. The van der Waals surface area contributed by atoms with Crippen LogP contribution in [0.1, 0.15) is 17.5 Å². The highest BCUT2D eigenvalue weighted by Gasteiger charge is 2.06. The lowest BCUT2D eigenvalue weighted by Crippen LogP contribution is -2.15. The smallest absolute Gasteiger partial charge is 0.226 e. The fourth-order valence-electron chi connectivity index (χ4n) is 1.35. The molecule has 4 nitrogen and oxygen atoms in total. The Balaban J connectivity index is 2.73. The van der Waals surface area contributed by atoms with Crippen LogP contribution in [0.15, 0.2) is 12.1 Å². The van der Waals surface area contributed by atoms with Crippen molar-refractivity contribution >= 4 is 17.3 Å². The minimum Gasteiger partial charge on any atom is -0.397 e. The molecule has 0 atom stereocenters. The molecule has 1 amide bonds. The zero-order chi connectivity index (χ0) is 12.1. The highest BCUT2D eigenvalue weighted by Crippen LogP contribution is 2.22. The molecule has 0 radical (unpaired) electrons. The van der Waals surface area contributed by atoms with Crippen LogP contribution in [0.3, 0.4) is 0 Å². The number of rotatable bonds is 4. The van der Waals surface area contributed by atoms with Gasteiger partial charge in [0.15, 0.2) is 0 Å². The van der Waals surface area contributed by atoms with Crippen LogP contribution in [0.2, 0.25) is 0 Å². The van der Waals surface area contributed by atoms with E-state index in [0.717, 1.165) is 11.1 Å². The molecule has 1 rings (SSSR count). The highest BCUT2D eigenvalue weighted by molar-refractivity contribution is 5.94. The molecule has 0 aromatic heterocycles. The number of carbonyl (C=O) groups is 1. The van der Waals surface area contributed by atoms with Gasteiger partial charge in [0.05, 0.1) is 24.4 Å². The van der Waals surface area contributed by atoms with Crippen molar-refractivity contribution in [1.82, 2.24) is 0 Å². The molecule has 0 aliphatic carbocycles. The van der Waals surface area contributed by atoms with Crippen LogP contribution in [0.5, 0.6) is 0 Å². The van der Waals surface area contributed by atoms with Crippen molar-refractivity contribution in [3.05, 3.63) is 23.3 Å². The second kappa shape index (κ2) is 5.51. The van der Waals surface area contributed by atoms with Gasteiger partial charge in [-0.05, 0) is 37.1 Å². The molecule has 4 heteroatoms. The average molecular weight is 222 g/mol. The summed E-state index contributed by atoms with van der Waals surface area (Å²) in [7, 11) is 1.57. The topological polar surface area (TPSA) is 64.3 Å². The van der Waals surface area contributed by atoms with Crippen LogP contribution in [-0.2, 0) is 9.53 Å². The first-order valence-electron chi connectivity index (χ1n) is 5.20. The molecule has 3 N–H and O–H groups in total. The van der Waals surface area contributed by atoms with E-state index in [2.05, 4.69) is 5.32 Å². The number of carbonyl (C=O) groups excluding carboxylic acids is 1. The summed E-state index contributed by atoms with van der Waals surface area (Å²) in [4.78, 5) is 11.5. The second-order valence-electron chi connectivity index (χ2n) is 3.81. The van der Waals surface area contributed by atoms with E-state index < -0.39 is 0 Å². The third kappa shape index (κ3) is 3.24. The van der Waals surface area contributed by atoms with Crippen molar-refractivity contribution in [2.45, 2.75) is 20.3 Å². The molecule has 1 aromatic carbocycles. The largest absolute Gasteiger partial charge is 0.397 e. The predicted molar refractivity (Wildman–Crippen MR) is 65.5 cm³/mol. The zero-order valence-electron chi connectivity index (χ0n) is 9.96. The Labute approximate surface area is 95.8 Å². The van der Waals surface area contributed by atoms with Gasteiger partial charge in [-0.2, -0.15) is 0 Å². The van der Waals surface area contributed by atoms with Crippen LogP contribution in [-0.4, -0.2) is 19.6 Å². The number of hydrogen-bond acceptors (Lipinski definition) is 3. The maximum Gasteiger partial charge on any atom is 0.226 e. The Morgan fingerprint density at radius 1 is 1.38 bits per heavy atom. The highest BCUT2D eigenvalue weighted by atomic mass is 16.5. The number of benzene rings is 1. The van der Waals surface area contributed by atoms with E-state index >= 15 is 0 Å². The van der Waals surface area contributed by atoms with Crippen molar-refractivity contribution in [2.24, 2.45) is 0 Å². The molecule has 0 saturated carbocycles. The number of hydrogen-bond donors (Lipinski definition) is 2. The van der Waals surface area contributed by atoms with Gasteiger partial charge in [-0.25, -0.2) is 0 Å². The average Bonchev–Trinajstić information content (AvgIpc) is 2.23. The third-order valence-corrected chi connectivity index (χ3v) is 2.47. The summed E-state index contributed by atoms with van der Waals surface area (Å²) >= 11 is 0. The standard InChI is InChI=1S/C12H18N2O2/c1-8-6-10(13)11(7-9(8)2)14-12(15)4-5-16-3/h6-7H,4-5,13H2,1-3H3,(H,14,15). The lowest BCUT2D eigenvalue weighted by molar-refractivity contribution is -0.117. The van der Waals surface area contributed by atoms with Crippen molar-refractivity contribution in [3.63, 3.8) is 0 Å². The van der Waals surface area contributed by atoms with Gasteiger partial charge in [-0.15, -0.1) is 0 Å². The minimum absolute atomic E-state index is 0.0863. The van der Waals surface area contributed by atoms with Crippen LogP contribution >= 0.6 is 0 Å². The monoisotopic (exact) mass is 222 g/mol. The Kier molecular flexibility index (Phi) is 4.31. The summed E-state index contributed by atoms with van der Waals surface area (Å²) < 4.78 is 4.83. The summed E-state index contributed by atoms with van der Waals surface area (Å²) in [6.07, 6.45) is 0.336. The van der Waals surface area contributed by atoms with Crippen LogP contribution in [0.25, 0.3) is 0 Å². The van der Waals surface area contributed by atoms with Crippen molar-refractivity contribution < 1.29 is 9.53 Å². The number of nitrogen functional groups attached to an aromatic ring is 1. The summed E-state index contributed by atoms with van der Waals surface area (Å²) in [6, 6.07) is 3.75. The maximum atomic E-state index is 11.5. The Morgan fingerprint density at radius 3 is 2.62 bits per heavy atom. The van der Waals surface area contributed by atoms with E-state index in [0.29, 0.717) is 24.4 Å². The molecular weight excluding hydrogens is 204 g/mol. The molecule has 0 spiro atoms. The summed E-state index contributed by atoms with van der Waals surface area (Å²) in [5.74, 6) is -0.0863. The Morgan fingerprint density at radius 2 is 2.00 bits per heavy atom. The van der Waals surface area contributed by atoms with Gasteiger partial charge >= 0.3 is 0 Å². The number of anilines is 2. The van der Waals surface area contributed by atoms with E-state index in [1.807, 2.05) is 26.0 Å². The molecule has 16 heavy (non-hydrogen) atoms. The quantitative estimate of drug-likeness (QED) is 0.764. The molecule has 0 bridgehead atoms. The molecular formula is C12H18N2O2. The van der Waals surface area contributed by atoms with Crippen molar-refractivity contribution in [2.75, 3.05) is 24.8 Å². The van der Waals surface area contributed by atoms with Gasteiger partial charge in [-0.3, -0.25) is 4.79 Å². The SMILES string of the molecule is COCCC(=O)Nc1cc(C)c(C)cc1N. The van der Waals surface area contributed by atoms with E-state index in [9.17, 15) is 4.79 Å². The molecule has 0 unspecified atom stereocenters. The minimum atomic E-state index is -0.0863. The molecule has 0 heterocycles. The van der Waals surface area contributed by atoms with Gasteiger partial charge < -0.3 is 15.8 Å². The molecule has 1 aromatic rings. The van der Waals surface area contributed by atoms with Gasteiger partial charge in [0.25, 0.3) is 0 Å². The lowest BCUT2D eigenvalue weighted by atomic mass is 10.1. The van der Waals surface area contributed by atoms with E-state index in [4.69, 9.17) is 10.5 Å². The van der Waals surface area contributed by atoms with Gasteiger partial charge in [-0.1, -0.05) is 0 Å². The third-order valence-electron chi connectivity index (χ3n) is 2.47. The fourth-order valence-corrected chi connectivity index (χ4v) is 1.35. The maximum absolute atomic E-state index is 11.5. The van der Waals surface area contributed by atoms with E-state index in [1.165, 1.54) is 0 Å². The first-order chi connectivity index (χ1) is 7.54. The summed E-state index contributed by atoms with van der Waals surface area (Å²) in [5.41, 5.74) is 9.31. The van der Waals surface area contributed by atoms with E-state index in [-0.39, 0.29) is 5.91 Å². The van der Waals surface area contributed by atoms with E-state index in [1.54, 1.807) is 7.11 Å². The van der Waals surface area contributed by atoms with Crippen LogP contribution in [0, 0.1) is 13.8 Å². The van der Waals surface area contributed by atoms with Gasteiger partial charge in [0, 0.05) is 7.11 Å². The molecule has 0 fully saturated rings. The zero-order valence-corrected chi connectivity index (χ0v) is 9.96. The molecule has 88 valence electrons. The van der Waals surface area contributed by atoms with Crippen LogP contribution in [0.4, 0.5) is 11.4 Å². The first-order valence-corrected chi connectivity index (χ1v) is 5.20. The molecule has 0 aliphatic rings. The molecule has 0 aliphatic heterocycles. The van der Waals surface area contributed by atoms with Crippen LogP contribution < -0.4 is 11.1 Å². The number of aryl methyl sites for hydroxylation is 2. The van der Waals surface area contributed by atoms with Gasteiger partial charge in [0.2, 0.25) is 5.91 Å². The first kappa shape index (κ1) is 12.5. The predicted octanol–water partition coefficient (Wildman–Crippen LogP) is 1.86. The number of nitrogens with two attached hydrogens (primary N) is 1. The number of nitrogens with one attached hydrogen (secondary N) is 1. The normalized spacial score (nSPS) is 10.2. The summed E-state index contributed by atoms with van der Waals surface area (Å²) in [5, 5.41) is 2.77. The van der Waals surface area contributed by atoms with Gasteiger partial charge in [0.1, 0.15) is 0 Å². The summed E-state index contributed by atoms with van der Waals surface area (Å²) in [6.45, 7) is 4.39. The Bertz CT molecular complexity index is 389. The van der Waals surface area contributed by atoms with Crippen molar-refractivity contribution in [1.29, 1.82) is 0 Å². The number of amides is 1. The fraction of sp³-hybridized carbons (Fsp3) is 0.417.